The van der Waals surface area contributed by atoms with Crippen LogP contribution >= 0.6 is 11.8 Å². The van der Waals surface area contributed by atoms with E-state index in [9.17, 15) is 14.4 Å². The van der Waals surface area contributed by atoms with Crippen LogP contribution < -0.4 is 25.5 Å². The molecule has 134 valence electrons. The van der Waals surface area contributed by atoms with Crippen LogP contribution in [0.15, 0.2) is 23.3 Å². The first kappa shape index (κ1) is 18.6. The second-order valence-electron chi connectivity index (χ2n) is 5.00. The number of benzene rings is 1. The SMILES string of the molecule is COc1ccc(NC(=O)C[C@@H]2S/C(=N/NC(C)=O)NC2=O)cc1OC. The summed E-state index contributed by atoms with van der Waals surface area (Å²) in [7, 11) is 3.02. The summed E-state index contributed by atoms with van der Waals surface area (Å²) < 4.78 is 10.3. The fourth-order valence-electron chi connectivity index (χ4n) is 2.02. The molecule has 0 radical (unpaired) electrons. The van der Waals surface area contributed by atoms with Crippen molar-refractivity contribution in [2.24, 2.45) is 5.10 Å². The normalized spacial score (nSPS) is 17.8. The average molecular weight is 366 g/mol. The van der Waals surface area contributed by atoms with E-state index < -0.39 is 5.25 Å². The maximum absolute atomic E-state index is 12.2. The lowest BCUT2D eigenvalue weighted by Gasteiger charge is -2.11. The Morgan fingerprint density at radius 3 is 2.64 bits per heavy atom. The van der Waals surface area contributed by atoms with E-state index in [-0.39, 0.29) is 29.3 Å². The molecule has 0 aliphatic carbocycles. The Labute approximate surface area is 148 Å². The molecule has 0 bridgehead atoms. The molecule has 1 fully saturated rings. The number of hydrazone groups is 1. The highest BCUT2D eigenvalue weighted by Crippen LogP contribution is 2.30. The van der Waals surface area contributed by atoms with E-state index in [2.05, 4.69) is 21.2 Å². The number of hydrogen-bond donors (Lipinski definition) is 3. The maximum atomic E-state index is 12.2. The summed E-state index contributed by atoms with van der Waals surface area (Å²) in [5.74, 6) is 0.0114. The fraction of sp³-hybridized carbons (Fsp3) is 0.333. The van der Waals surface area contributed by atoms with E-state index in [1.54, 1.807) is 18.2 Å². The van der Waals surface area contributed by atoms with Crippen LogP contribution in [0.25, 0.3) is 0 Å². The number of amides is 3. The average Bonchev–Trinajstić information content (AvgIpc) is 2.92. The molecule has 1 aliphatic heterocycles. The zero-order valence-electron chi connectivity index (χ0n) is 13.9. The van der Waals surface area contributed by atoms with E-state index in [1.165, 1.54) is 21.1 Å². The molecule has 25 heavy (non-hydrogen) atoms. The maximum Gasteiger partial charge on any atom is 0.240 e. The number of carbonyl (C=O) groups excluding carboxylic acids is 3. The topological polar surface area (TPSA) is 118 Å². The number of methoxy groups -OCH3 is 2. The monoisotopic (exact) mass is 366 g/mol. The van der Waals surface area contributed by atoms with Crippen molar-refractivity contribution in [2.75, 3.05) is 19.5 Å². The van der Waals surface area contributed by atoms with Gasteiger partial charge < -0.3 is 20.1 Å². The van der Waals surface area contributed by atoms with Gasteiger partial charge in [-0.3, -0.25) is 14.4 Å². The summed E-state index contributed by atoms with van der Waals surface area (Å²) >= 11 is 1.08. The van der Waals surface area contributed by atoms with Crippen molar-refractivity contribution in [3.63, 3.8) is 0 Å². The number of ether oxygens (including phenoxy) is 2. The Morgan fingerprint density at radius 2 is 2.00 bits per heavy atom. The van der Waals surface area contributed by atoms with Crippen molar-refractivity contribution < 1.29 is 23.9 Å². The molecule has 0 saturated carbocycles. The van der Waals surface area contributed by atoms with Gasteiger partial charge in [-0.25, -0.2) is 5.43 Å². The molecule has 9 nitrogen and oxygen atoms in total. The molecule has 1 atom stereocenters. The third-order valence-corrected chi connectivity index (χ3v) is 4.21. The van der Waals surface area contributed by atoms with Crippen molar-refractivity contribution >= 4 is 40.3 Å². The number of hydrogen-bond acceptors (Lipinski definition) is 7. The Bertz CT molecular complexity index is 722. The number of nitrogens with zero attached hydrogens (tertiary/aromatic N) is 1. The van der Waals surface area contributed by atoms with Gasteiger partial charge in [0.1, 0.15) is 5.25 Å². The molecule has 1 aromatic rings. The first-order valence-electron chi connectivity index (χ1n) is 7.26. The van der Waals surface area contributed by atoms with Crippen LogP contribution in [0.3, 0.4) is 0 Å². The molecule has 1 aliphatic rings. The van der Waals surface area contributed by atoms with Crippen LogP contribution in [0.4, 0.5) is 5.69 Å². The quantitative estimate of drug-likeness (QED) is 0.637. The molecule has 1 aromatic carbocycles. The van der Waals surface area contributed by atoms with Crippen LogP contribution in [-0.4, -0.2) is 42.4 Å². The molecule has 10 heteroatoms. The van der Waals surface area contributed by atoms with Gasteiger partial charge in [0.25, 0.3) is 0 Å². The third kappa shape index (κ3) is 5.11. The minimum absolute atomic E-state index is 0.0378. The fourth-order valence-corrected chi connectivity index (χ4v) is 2.94. The summed E-state index contributed by atoms with van der Waals surface area (Å²) in [6.45, 7) is 1.31. The van der Waals surface area contributed by atoms with Crippen molar-refractivity contribution in [3.8, 4) is 11.5 Å². The first-order chi connectivity index (χ1) is 11.9. The van der Waals surface area contributed by atoms with Crippen molar-refractivity contribution in [2.45, 2.75) is 18.6 Å². The molecular formula is C15H18N4O5S. The Kier molecular flexibility index (Phi) is 6.23. The highest BCUT2D eigenvalue weighted by atomic mass is 32.2. The summed E-state index contributed by atoms with van der Waals surface area (Å²) in [6.07, 6.45) is -0.0378. The van der Waals surface area contributed by atoms with Gasteiger partial charge >= 0.3 is 0 Å². The van der Waals surface area contributed by atoms with Gasteiger partial charge in [0.15, 0.2) is 16.7 Å². The molecule has 3 N–H and O–H groups in total. The van der Waals surface area contributed by atoms with Gasteiger partial charge in [-0.05, 0) is 12.1 Å². The summed E-state index contributed by atoms with van der Waals surface area (Å²) in [5.41, 5.74) is 2.76. The second-order valence-corrected chi connectivity index (χ2v) is 6.19. The Morgan fingerprint density at radius 1 is 1.28 bits per heavy atom. The van der Waals surface area contributed by atoms with Crippen LogP contribution in [-0.2, 0) is 14.4 Å². The first-order valence-corrected chi connectivity index (χ1v) is 8.14. The van der Waals surface area contributed by atoms with Gasteiger partial charge in [-0.1, -0.05) is 11.8 Å². The number of rotatable bonds is 6. The number of amidine groups is 1. The van der Waals surface area contributed by atoms with Crippen molar-refractivity contribution in [1.29, 1.82) is 0 Å². The molecule has 0 spiro atoms. The summed E-state index contributed by atoms with van der Waals surface area (Å²) in [6, 6.07) is 4.97. The van der Waals surface area contributed by atoms with Crippen LogP contribution in [0.2, 0.25) is 0 Å². The van der Waals surface area contributed by atoms with E-state index in [0.29, 0.717) is 17.2 Å². The van der Waals surface area contributed by atoms with E-state index in [1.807, 2.05) is 0 Å². The zero-order chi connectivity index (χ0) is 18.4. The molecule has 3 amide bonds. The largest absolute Gasteiger partial charge is 0.493 e. The molecular weight excluding hydrogens is 348 g/mol. The minimum atomic E-state index is -0.618. The lowest BCUT2D eigenvalue weighted by molar-refractivity contribution is -0.122. The highest BCUT2D eigenvalue weighted by Gasteiger charge is 2.32. The predicted octanol–water partition coefficient (Wildman–Crippen LogP) is 0.671. The standard InChI is InChI=1S/C15H18N4O5S/c1-8(20)18-19-15-17-14(22)12(25-15)7-13(21)16-9-4-5-10(23-2)11(6-9)24-3/h4-6,12H,7H2,1-3H3,(H,16,21)(H,18,20)(H,17,19,22)/t12-/m0/s1. The lowest BCUT2D eigenvalue weighted by Crippen LogP contribution is -2.28. The van der Waals surface area contributed by atoms with Gasteiger partial charge in [0.2, 0.25) is 17.7 Å². The Balaban J connectivity index is 1.95. The van der Waals surface area contributed by atoms with E-state index in [0.717, 1.165) is 11.8 Å². The van der Waals surface area contributed by atoms with Crippen LogP contribution in [0.5, 0.6) is 11.5 Å². The second kappa shape index (κ2) is 8.38. The van der Waals surface area contributed by atoms with Crippen LogP contribution in [0, 0.1) is 0 Å². The number of carbonyl (C=O) groups is 3. The van der Waals surface area contributed by atoms with Crippen molar-refractivity contribution in [1.82, 2.24) is 10.7 Å². The number of thioether (sulfide) groups is 1. The third-order valence-electron chi connectivity index (χ3n) is 3.13. The number of nitrogens with one attached hydrogen (secondary N) is 3. The molecule has 1 heterocycles. The van der Waals surface area contributed by atoms with Crippen LogP contribution in [0.1, 0.15) is 13.3 Å². The van der Waals surface area contributed by atoms with Gasteiger partial charge in [-0.15, -0.1) is 5.10 Å². The molecule has 0 aromatic heterocycles. The lowest BCUT2D eigenvalue weighted by atomic mass is 10.2. The van der Waals surface area contributed by atoms with E-state index in [4.69, 9.17) is 9.47 Å². The summed E-state index contributed by atoms with van der Waals surface area (Å²) in [4.78, 5) is 34.8. The zero-order valence-corrected chi connectivity index (χ0v) is 14.7. The number of anilines is 1. The van der Waals surface area contributed by atoms with Gasteiger partial charge in [0.05, 0.1) is 14.2 Å². The Hall–Kier alpha value is -2.75. The molecule has 2 rings (SSSR count). The van der Waals surface area contributed by atoms with Gasteiger partial charge in [-0.2, -0.15) is 0 Å². The smallest absolute Gasteiger partial charge is 0.240 e. The summed E-state index contributed by atoms with van der Waals surface area (Å²) in [5, 5.41) is 8.59. The van der Waals surface area contributed by atoms with Crippen molar-refractivity contribution in [3.05, 3.63) is 18.2 Å². The van der Waals surface area contributed by atoms with Gasteiger partial charge in [0, 0.05) is 25.1 Å². The minimum Gasteiger partial charge on any atom is -0.493 e. The molecule has 0 unspecified atom stereocenters. The predicted molar refractivity (Wildman–Crippen MR) is 93.6 cm³/mol. The highest BCUT2D eigenvalue weighted by molar-refractivity contribution is 8.15. The van der Waals surface area contributed by atoms with E-state index >= 15 is 0 Å². The molecule has 1 saturated heterocycles.